The van der Waals surface area contributed by atoms with E-state index in [0.29, 0.717) is 6.61 Å². The Morgan fingerprint density at radius 2 is 2.00 bits per heavy atom. The van der Waals surface area contributed by atoms with E-state index in [2.05, 4.69) is 35.8 Å². The van der Waals surface area contributed by atoms with Crippen LogP contribution in [0.4, 0.5) is 0 Å². The maximum absolute atomic E-state index is 5.99. The van der Waals surface area contributed by atoms with E-state index in [1.807, 2.05) is 24.3 Å². The molecule has 1 fully saturated rings. The number of para-hydroxylation sites is 3. The van der Waals surface area contributed by atoms with Crippen LogP contribution in [0, 0.1) is 6.92 Å². The van der Waals surface area contributed by atoms with Crippen molar-refractivity contribution in [3.05, 3.63) is 59.9 Å². The Balaban J connectivity index is 1.58. The van der Waals surface area contributed by atoms with Crippen molar-refractivity contribution < 1.29 is 9.47 Å². The number of imidazole rings is 1. The van der Waals surface area contributed by atoms with E-state index >= 15 is 0 Å². The van der Waals surface area contributed by atoms with Crippen LogP contribution >= 0.6 is 0 Å². The van der Waals surface area contributed by atoms with E-state index in [-0.39, 0.29) is 6.10 Å². The molecule has 0 saturated carbocycles. The molecule has 3 aromatic rings. The number of hydrogen-bond donors (Lipinski definition) is 0. The van der Waals surface area contributed by atoms with Crippen molar-refractivity contribution in [2.24, 2.45) is 0 Å². The number of aryl methyl sites for hydroxylation is 1. The molecule has 4 heteroatoms. The first-order chi connectivity index (χ1) is 11.8. The highest BCUT2D eigenvalue weighted by atomic mass is 16.5. The zero-order valence-electron chi connectivity index (χ0n) is 13.9. The number of aromatic nitrogens is 2. The molecule has 24 heavy (non-hydrogen) atoms. The molecule has 2 heterocycles. The van der Waals surface area contributed by atoms with Gasteiger partial charge in [0.05, 0.1) is 17.6 Å². The predicted molar refractivity (Wildman–Crippen MR) is 94.3 cm³/mol. The standard InChI is InChI=1S/C20H22N2O2/c1-15-7-2-5-10-18(15)24-14-12-22-17-9-4-3-8-16(17)21-20(22)19-11-6-13-23-19/h2-5,7-10,19H,6,11-14H2,1H3/t19-/m1/s1. The summed E-state index contributed by atoms with van der Waals surface area (Å²) >= 11 is 0. The molecule has 1 aromatic heterocycles. The van der Waals surface area contributed by atoms with E-state index in [0.717, 1.165) is 54.2 Å². The van der Waals surface area contributed by atoms with Crippen molar-refractivity contribution in [2.75, 3.05) is 13.2 Å². The number of nitrogens with zero attached hydrogens (tertiary/aromatic N) is 2. The fourth-order valence-corrected chi connectivity index (χ4v) is 3.32. The van der Waals surface area contributed by atoms with Crippen LogP contribution in [0.1, 0.15) is 30.3 Å². The zero-order chi connectivity index (χ0) is 16.4. The lowest BCUT2D eigenvalue weighted by molar-refractivity contribution is 0.101. The van der Waals surface area contributed by atoms with Crippen molar-refractivity contribution in [2.45, 2.75) is 32.4 Å². The second-order valence-electron chi connectivity index (χ2n) is 6.23. The van der Waals surface area contributed by atoms with Crippen LogP contribution in [0.25, 0.3) is 11.0 Å². The van der Waals surface area contributed by atoms with Crippen LogP contribution in [-0.4, -0.2) is 22.8 Å². The Hall–Kier alpha value is -2.33. The molecule has 1 aliphatic rings. The highest BCUT2D eigenvalue weighted by Gasteiger charge is 2.24. The molecule has 124 valence electrons. The fraction of sp³-hybridized carbons (Fsp3) is 0.350. The van der Waals surface area contributed by atoms with Crippen molar-refractivity contribution in [1.29, 1.82) is 0 Å². The third kappa shape index (κ3) is 2.89. The normalized spacial score (nSPS) is 17.5. The molecule has 1 aliphatic heterocycles. The van der Waals surface area contributed by atoms with E-state index in [1.54, 1.807) is 0 Å². The molecular formula is C20H22N2O2. The van der Waals surface area contributed by atoms with Crippen molar-refractivity contribution >= 4 is 11.0 Å². The Labute approximate surface area is 142 Å². The summed E-state index contributed by atoms with van der Waals surface area (Å²) in [6.45, 7) is 4.28. The molecule has 0 N–H and O–H groups in total. The predicted octanol–water partition coefficient (Wildman–Crippen LogP) is 4.28. The van der Waals surface area contributed by atoms with Gasteiger partial charge in [0, 0.05) is 6.61 Å². The molecule has 2 aromatic carbocycles. The van der Waals surface area contributed by atoms with Crippen molar-refractivity contribution in [3.63, 3.8) is 0 Å². The number of benzene rings is 2. The fourth-order valence-electron chi connectivity index (χ4n) is 3.32. The van der Waals surface area contributed by atoms with Crippen LogP contribution in [0.15, 0.2) is 48.5 Å². The number of hydrogen-bond acceptors (Lipinski definition) is 3. The monoisotopic (exact) mass is 322 g/mol. The summed E-state index contributed by atoms with van der Waals surface area (Å²) in [4.78, 5) is 4.82. The first-order valence-corrected chi connectivity index (χ1v) is 8.58. The molecule has 0 spiro atoms. The van der Waals surface area contributed by atoms with Gasteiger partial charge in [-0.1, -0.05) is 30.3 Å². The van der Waals surface area contributed by atoms with Gasteiger partial charge in [0.15, 0.2) is 0 Å². The summed E-state index contributed by atoms with van der Waals surface area (Å²) in [6.07, 6.45) is 2.26. The minimum atomic E-state index is 0.107. The topological polar surface area (TPSA) is 36.3 Å². The summed E-state index contributed by atoms with van der Waals surface area (Å²) in [7, 11) is 0. The smallest absolute Gasteiger partial charge is 0.139 e. The third-order valence-electron chi connectivity index (χ3n) is 4.57. The molecule has 1 atom stereocenters. The number of fused-ring (bicyclic) bond motifs is 1. The summed E-state index contributed by atoms with van der Waals surface area (Å²) in [5.74, 6) is 1.97. The van der Waals surface area contributed by atoms with Crippen molar-refractivity contribution in [3.8, 4) is 5.75 Å². The van der Waals surface area contributed by atoms with Gasteiger partial charge >= 0.3 is 0 Å². The van der Waals surface area contributed by atoms with E-state index in [1.165, 1.54) is 0 Å². The van der Waals surface area contributed by atoms with Crippen LogP contribution < -0.4 is 4.74 Å². The van der Waals surface area contributed by atoms with Gasteiger partial charge < -0.3 is 14.0 Å². The van der Waals surface area contributed by atoms with Gasteiger partial charge in [-0.25, -0.2) is 4.98 Å². The van der Waals surface area contributed by atoms with Gasteiger partial charge in [-0.3, -0.25) is 0 Å². The molecule has 0 unspecified atom stereocenters. The van der Waals surface area contributed by atoms with Crippen molar-refractivity contribution in [1.82, 2.24) is 9.55 Å². The van der Waals surface area contributed by atoms with E-state index in [9.17, 15) is 0 Å². The lowest BCUT2D eigenvalue weighted by Crippen LogP contribution is -2.14. The average Bonchev–Trinajstić information content (AvgIpc) is 3.24. The Kier molecular flexibility index (Phi) is 4.22. The van der Waals surface area contributed by atoms with Gasteiger partial charge in [0.2, 0.25) is 0 Å². The zero-order valence-corrected chi connectivity index (χ0v) is 13.9. The third-order valence-corrected chi connectivity index (χ3v) is 4.57. The summed E-state index contributed by atoms with van der Waals surface area (Å²) < 4.78 is 14.1. The van der Waals surface area contributed by atoms with Gasteiger partial charge in [-0.2, -0.15) is 0 Å². The largest absolute Gasteiger partial charge is 0.491 e. The maximum Gasteiger partial charge on any atom is 0.139 e. The Morgan fingerprint density at radius 1 is 1.17 bits per heavy atom. The number of rotatable bonds is 5. The molecule has 4 rings (SSSR count). The first-order valence-electron chi connectivity index (χ1n) is 8.58. The van der Waals surface area contributed by atoms with Gasteiger partial charge in [0.1, 0.15) is 24.3 Å². The number of ether oxygens (including phenoxy) is 2. The van der Waals surface area contributed by atoms with Gasteiger partial charge in [-0.05, 0) is 43.5 Å². The molecule has 1 saturated heterocycles. The lowest BCUT2D eigenvalue weighted by Gasteiger charge is -2.15. The lowest BCUT2D eigenvalue weighted by atomic mass is 10.2. The summed E-state index contributed by atoms with van der Waals surface area (Å²) in [6, 6.07) is 16.4. The molecule has 0 radical (unpaired) electrons. The van der Waals surface area contributed by atoms with E-state index in [4.69, 9.17) is 14.5 Å². The average molecular weight is 322 g/mol. The molecular weight excluding hydrogens is 300 g/mol. The van der Waals surface area contributed by atoms with Crippen LogP contribution in [0.2, 0.25) is 0 Å². The summed E-state index contributed by atoms with van der Waals surface area (Å²) in [5, 5.41) is 0. The molecule has 0 bridgehead atoms. The first kappa shape index (κ1) is 15.2. The van der Waals surface area contributed by atoms with Gasteiger partial charge in [-0.15, -0.1) is 0 Å². The van der Waals surface area contributed by atoms with Gasteiger partial charge in [0.25, 0.3) is 0 Å². The summed E-state index contributed by atoms with van der Waals surface area (Å²) in [5.41, 5.74) is 3.34. The Morgan fingerprint density at radius 3 is 2.83 bits per heavy atom. The maximum atomic E-state index is 5.99. The SMILES string of the molecule is Cc1ccccc1OCCn1c([C@H]2CCCO2)nc2ccccc21. The minimum absolute atomic E-state index is 0.107. The molecule has 0 aliphatic carbocycles. The molecule has 4 nitrogen and oxygen atoms in total. The van der Waals surface area contributed by atoms with Crippen LogP contribution in [0.5, 0.6) is 5.75 Å². The Bertz CT molecular complexity index is 835. The quantitative estimate of drug-likeness (QED) is 0.703. The highest BCUT2D eigenvalue weighted by molar-refractivity contribution is 5.76. The minimum Gasteiger partial charge on any atom is -0.491 e. The second kappa shape index (κ2) is 6.65. The highest BCUT2D eigenvalue weighted by Crippen LogP contribution is 2.30. The second-order valence-corrected chi connectivity index (χ2v) is 6.23. The van der Waals surface area contributed by atoms with E-state index < -0.39 is 0 Å². The molecule has 0 amide bonds. The van der Waals surface area contributed by atoms with Crippen LogP contribution in [0.3, 0.4) is 0 Å². The van der Waals surface area contributed by atoms with Crippen LogP contribution in [-0.2, 0) is 11.3 Å².